The molecule has 6 heteroatoms. The topological polar surface area (TPSA) is 72.4 Å². The first-order valence-electron chi connectivity index (χ1n) is 6.74. The van der Waals surface area contributed by atoms with Gasteiger partial charge in [-0.25, -0.2) is 5.43 Å². The van der Waals surface area contributed by atoms with Crippen molar-refractivity contribution in [3.63, 3.8) is 0 Å². The van der Waals surface area contributed by atoms with Crippen LogP contribution in [0.5, 0.6) is 0 Å². The van der Waals surface area contributed by atoms with Gasteiger partial charge in [-0.1, -0.05) is 12.1 Å². The van der Waals surface area contributed by atoms with E-state index in [4.69, 9.17) is 4.42 Å². The van der Waals surface area contributed by atoms with Gasteiger partial charge in [0.15, 0.2) is 0 Å². The van der Waals surface area contributed by atoms with Crippen molar-refractivity contribution in [3.05, 3.63) is 78.0 Å². The number of nitrogens with zero attached hydrogens (tertiary/aromatic N) is 3. The predicted octanol–water partition coefficient (Wildman–Crippen LogP) is 2.29. The maximum Gasteiger partial charge on any atom is 0.271 e. The van der Waals surface area contributed by atoms with E-state index in [9.17, 15) is 4.79 Å². The highest BCUT2D eigenvalue weighted by molar-refractivity contribution is 5.94. The fourth-order valence-corrected chi connectivity index (χ4v) is 1.98. The van der Waals surface area contributed by atoms with E-state index in [2.05, 4.69) is 15.6 Å². The first-order chi connectivity index (χ1) is 10.8. The Morgan fingerprint density at radius 1 is 1.32 bits per heavy atom. The Hall–Kier alpha value is -3.15. The van der Waals surface area contributed by atoms with E-state index in [0.717, 1.165) is 5.56 Å². The molecule has 0 spiro atoms. The van der Waals surface area contributed by atoms with Crippen LogP contribution < -0.4 is 5.43 Å². The summed E-state index contributed by atoms with van der Waals surface area (Å²) in [5.74, 6) is 0.304. The lowest BCUT2D eigenvalue weighted by molar-refractivity contribution is 0.0955. The highest BCUT2D eigenvalue weighted by atomic mass is 16.3. The van der Waals surface area contributed by atoms with E-state index in [1.165, 1.54) is 6.21 Å². The fraction of sp³-hybridized carbons (Fsp3) is 0.0625. The molecule has 2 aromatic heterocycles. The van der Waals surface area contributed by atoms with Gasteiger partial charge in [0.2, 0.25) is 0 Å². The van der Waals surface area contributed by atoms with Crippen molar-refractivity contribution in [1.29, 1.82) is 0 Å². The summed E-state index contributed by atoms with van der Waals surface area (Å²) in [6, 6.07) is 12.7. The van der Waals surface area contributed by atoms with Crippen molar-refractivity contribution in [1.82, 2.24) is 15.2 Å². The molecule has 3 rings (SSSR count). The SMILES string of the molecule is O=C(N/N=C/c1ccco1)c1cccc(Cn2cccn2)c1. The Kier molecular flexibility index (Phi) is 4.10. The number of amides is 1. The van der Waals surface area contributed by atoms with Crippen molar-refractivity contribution in [2.75, 3.05) is 0 Å². The van der Waals surface area contributed by atoms with Crippen LogP contribution in [0.4, 0.5) is 0 Å². The Bertz CT molecular complexity index is 761. The lowest BCUT2D eigenvalue weighted by Gasteiger charge is -2.04. The Morgan fingerprint density at radius 2 is 2.27 bits per heavy atom. The molecule has 0 aliphatic rings. The first kappa shape index (κ1) is 13.8. The summed E-state index contributed by atoms with van der Waals surface area (Å²) < 4.78 is 6.89. The third-order valence-corrected chi connectivity index (χ3v) is 2.99. The smallest absolute Gasteiger partial charge is 0.271 e. The van der Waals surface area contributed by atoms with Gasteiger partial charge in [-0.15, -0.1) is 0 Å². The average molecular weight is 294 g/mol. The number of nitrogens with one attached hydrogen (secondary N) is 1. The average Bonchev–Trinajstić information content (AvgIpc) is 3.21. The van der Waals surface area contributed by atoms with Crippen LogP contribution in [0.1, 0.15) is 21.7 Å². The molecule has 6 nitrogen and oxygen atoms in total. The van der Waals surface area contributed by atoms with Crippen molar-refractivity contribution >= 4 is 12.1 Å². The third kappa shape index (κ3) is 3.49. The highest BCUT2D eigenvalue weighted by Crippen LogP contribution is 2.07. The molecule has 0 aliphatic heterocycles. The zero-order chi connectivity index (χ0) is 15.2. The molecule has 110 valence electrons. The molecule has 0 saturated carbocycles. The molecule has 0 unspecified atom stereocenters. The van der Waals surface area contributed by atoms with Crippen molar-refractivity contribution < 1.29 is 9.21 Å². The Balaban J connectivity index is 1.65. The third-order valence-electron chi connectivity index (χ3n) is 2.99. The van der Waals surface area contributed by atoms with Gasteiger partial charge in [0.05, 0.1) is 19.0 Å². The minimum absolute atomic E-state index is 0.273. The monoisotopic (exact) mass is 294 g/mol. The molecule has 0 aliphatic carbocycles. The van der Waals surface area contributed by atoms with E-state index >= 15 is 0 Å². The van der Waals surface area contributed by atoms with Crippen LogP contribution in [0.15, 0.2) is 70.6 Å². The normalized spacial score (nSPS) is 10.9. The van der Waals surface area contributed by atoms with Crippen LogP contribution in [0, 0.1) is 0 Å². The first-order valence-corrected chi connectivity index (χ1v) is 6.74. The summed E-state index contributed by atoms with van der Waals surface area (Å²) in [5, 5.41) is 8.01. The van der Waals surface area contributed by atoms with Gasteiger partial charge in [-0.3, -0.25) is 9.48 Å². The summed E-state index contributed by atoms with van der Waals surface area (Å²) in [7, 11) is 0. The number of rotatable bonds is 5. The molecule has 1 amide bonds. The van der Waals surface area contributed by atoms with Crippen LogP contribution in [-0.2, 0) is 6.54 Å². The quantitative estimate of drug-likeness (QED) is 0.579. The maximum atomic E-state index is 12.0. The molecule has 0 radical (unpaired) electrons. The van der Waals surface area contributed by atoms with E-state index in [1.54, 1.807) is 35.3 Å². The summed E-state index contributed by atoms with van der Waals surface area (Å²) >= 11 is 0. The number of carbonyl (C=O) groups excluding carboxylic acids is 1. The van der Waals surface area contributed by atoms with Crippen molar-refractivity contribution in [2.24, 2.45) is 5.10 Å². The van der Waals surface area contributed by atoms with Crippen molar-refractivity contribution in [3.8, 4) is 0 Å². The maximum absolute atomic E-state index is 12.0. The van der Waals surface area contributed by atoms with Gasteiger partial charge in [-0.05, 0) is 35.9 Å². The van der Waals surface area contributed by atoms with E-state index in [0.29, 0.717) is 17.9 Å². The van der Waals surface area contributed by atoms with Gasteiger partial charge in [0, 0.05) is 18.0 Å². The number of hydrazone groups is 1. The standard InChI is InChI=1S/C16H14N4O2/c21-16(19-17-11-15-6-2-9-22-15)14-5-1-4-13(10-14)12-20-8-3-7-18-20/h1-11H,12H2,(H,19,21)/b17-11+. The van der Waals surface area contributed by atoms with Gasteiger partial charge < -0.3 is 4.42 Å². The van der Waals surface area contributed by atoms with Crippen LogP contribution in [0.2, 0.25) is 0 Å². The molecule has 1 N–H and O–H groups in total. The van der Waals surface area contributed by atoms with E-state index in [-0.39, 0.29) is 5.91 Å². The largest absolute Gasteiger partial charge is 0.463 e. The molecule has 0 bridgehead atoms. The molecule has 2 heterocycles. The Labute approximate surface area is 127 Å². The number of hydrogen-bond acceptors (Lipinski definition) is 4. The Morgan fingerprint density at radius 3 is 3.05 bits per heavy atom. The lowest BCUT2D eigenvalue weighted by atomic mass is 10.1. The van der Waals surface area contributed by atoms with Crippen LogP contribution in [0.25, 0.3) is 0 Å². The van der Waals surface area contributed by atoms with Gasteiger partial charge >= 0.3 is 0 Å². The number of aromatic nitrogens is 2. The summed E-state index contributed by atoms with van der Waals surface area (Å²) in [6.45, 7) is 0.615. The molecule has 1 aromatic carbocycles. The zero-order valence-electron chi connectivity index (χ0n) is 11.7. The number of hydrogen-bond donors (Lipinski definition) is 1. The van der Waals surface area contributed by atoms with E-state index in [1.807, 2.05) is 30.5 Å². The second-order valence-electron chi connectivity index (χ2n) is 4.62. The lowest BCUT2D eigenvalue weighted by Crippen LogP contribution is -2.17. The number of carbonyl (C=O) groups is 1. The molecule has 0 atom stereocenters. The number of furan rings is 1. The minimum atomic E-state index is -0.273. The van der Waals surface area contributed by atoms with Crippen LogP contribution in [-0.4, -0.2) is 21.9 Å². The number of benzene rings is 1. The van der Waals surface area contributed by atoms with Gasteiger partial charge in [0.1, 0.15) is 5.76 Å². The summed E-state index contributed by atoms with van der Waals surface area (Å²) in [6.07, 6.45) is 6.59. The minimum Gasteiger partial charge on any atom is -0.463 e. The van der Waals surface area contributed by atoms with Crippen molar-refractivity contribution in [2.45, 2.75) is 6.54 Å². The van der Waals surface area contributed by atoms with E-state index < -0.39 is 0 Å². The molecule has 3 aromatic rings. The zero-order valence-corrected chi connectivity index (χ0v) is 11.7. The fourth-order valence-electron chi connectivity index (χ4n) is 1.98. The summed E-state index contributed by atoms with van der Waals surface area (Å²) in [5.41, 5.74) is 4.01. The van der Waals surface area contributed by atoms with Gasteiger partial charge in [-0.2, -0.15) is 10.2 Å². The molecular formula is C16H14N4O2. The molecular weight excluding hydrogens is 280 g/mol. The molecule has 0 fully saturated rings. The second-order valence-corrected chi connectivity index (χ2v) is 4.62. The highest BCUT2D eigenvalue weighted by Gasteiger charge is 2.05. The van der Waals surface area contributed by atoms with Crippen LogP contribution >= 0.6 is 0 Å². The molecule has 0 saturated heterocycles. The second kappa shape index (κ2) is 6.53. The van der Waals surface area contributed by atoms with Gasteiger partial charge in [0.25, 0.3) is 5.91 Å². The summed E-state index contributed by atoms with van der Waals surface area (Å²) in [4.78, 5) is 12.0. The van der Waals surface area contributed by atoms with Crippen LogP contribution in [0.3, 0.4) is 0 Å². The predicted molar refractivity (Wildman–Crippen MR) is 81.5 cm³/mol. The molecule has 22 heavy (non-hydrogen) atoms.